The van der Waals surface area contributed by atoms with Crippen LogP contribution in [0.1, 0.15) is 0 Å². The van der Waals surface area contributed by atoms with Crippen LogP contribution >= 0.6 is 23.2 Å². The van der Waals surface area contributed by atoms with Crippen LogP contribution < -0.4 is 9.47 Å². The van der Waals surface area contributed by atoms with Crippen molar-refractivity contribution in [2.24, 2.45) is 0 Å². The fourth-order valence-electron chi connectivity index (χ4n) is 2.99. The second-order valence-electron chi connectivity index (χ2n) is 8.14. The molecule has 0 saturated carbocycles. The van der Waals surface area contributed by atoms with Crippen LogP contribution in [-0.2, 0) is 9.84 Å². The van der Waals surface area contributed by atoms with Crippen molar-refractivity contribution in [3.05, 3.63) is 46.4 Å². The fourth-order valence-corrected chi connectivity index (χ4v) is 4.90. The number of aliphatic hydroxyl groups excluding tert-OH is 2. The van der Waals surface area contributed by atoms with E-state index in [0.717, 1.165) is 0 Å². The normalized spacial score (nSPS) is 13.9. The van der Waals surface area contributed by atoms with Crippen molar-refractivity contribution in [2.45, 2.75) is 22.0 Å². The molecule has 2 aromatic rings. The third-order valence-electron chi connectivity index (χ3n) is 4.44. The number of benzene rings is 2. The molecule has 2 N–H and O–H groups in total. The van der Waals surface area contributed by atoms with Crippen LogP contribution in [0.3, 0.4) is 0 Å². The molecule has 0 unspecified atom stereocenters. The van der Waals surface area contributed by atoms with E-state index in [9.17, 15) is 18.6 Å². The zero-order chi connectivity index (χ0) is 24.8. The monoisotopic (exact) mass is 520 g/mol. The predicted molar refractivity (Wildman–Crippen MR) is 128 cm³/mol. The molecule has 0 bridgehead atoms. The van der Waals surface area contributed by atoms with Crippen LogP contribution in [0.5, 0.6) is 11.5 Å². The van der Waals surface area contributed by atoms with E-state index in [1.165, 1.54) is 36.4 Å². The molecule has 11 heteroatoms. The maximum Gasteiger partial charge on any atom is 0.206 e. The Morgan fingerprint density at radius 1 is 0.788 bits per heavy atom. The van der Waals surface area contributed by atoms with Gasteiger partial charge in [-0.15, -0.1) is 0 Å². The summed E-state index contributed by atoms with van der Waals surface area (Å²) in [5.41, 5.74) is 0. The zero-order valence-electron chi connectivity index (χ0n) is 19.0. The van der Waals surface area contributed by atoms with Crippen LogP contribution in [0, 0.1) is 0 Å². The highest BCUT2D eigenvalue weighted by Crippen LogP contribution is 2.33. The van der Waals surface area contributed by atoms with E-state index in [-0.39, 0.29) is 44.5 Å². The number of nitrogens with zero attached hydrogens (tertiary/aromatic N) is 2. The molecule has 2 rings (SSSR count). The fraction of sp³-hybridized carbons (Fsp3) is 0.455. The van der Waals surface area contributed by atoms with E-state index in [1.54, 1.807) is 0 Å². The largest absolute Gasteiger partial charge is 0.489 e. The van der Waals surface area contributed by atoms with Crippen molar-refractivity contribution in [1.82, 2.24) is 9.80 Å². The summed E-state index contributed by atoms with van der Waals surface area (Å²) in [6.07, 6.45) is -1.43. The molecule has 0 aliphatic heterocycles. The van der Waals surface area contributed by atoms with Crippen LogP contribution in [0.4, 0.5) is 0 Å². The molecule has 0 amide bonds. The van der Waals surface area contributed by atoms with Crippen molar-refractivity contribution in [2.75, 3.05) is 54.5 Å². The minimum atomic E-state index is -3.90. The molecule has 0 radical (unpaired) electrons. The van der Waals surface area contributed by atoms with Gasteiger partial charge in [-0.3, -0.25) is 0 Å². The molecule has 0 aromatic heterocycles. The Morgan fingerprint density at radius 3 is 1.45 bits per heavy atom. The highest BCUT2D eigenvalue weighted by Gasteiger charge is 2.21. The first kappa shape index (κ1) is 27.7. The number of halogens is 2. The van der Waals surface area contributed by atoms with Gasteiger partial charge in [0.25, 0.3) is 0 Å². The number of likely N-dealkylation sites (N-methyl/N-ethyl adjacent to an activating group) is 2. The standard InChI is InChI=1S/C22H30Cl2N2O6S/c1-25(2)11-15(27)13-31-21-7-5-17(9-19(21)23)33(29,30)18-6-8-22(20(24)10-18)32-14-16(28)12-26(3)4/h5-10,15-16,27-28H,11-14H2,1-4H3/t15-,16-/m0/s1. The van der Waals surface area contributed by atoms with Crippen molar-refractivity contribution in [1.29, 1.82) is 0 Å². The number of sulfone groups is 1. The third kappa shape index (κ3) is 8.29. The van der Waals surface area contributed by atoms with Crippen LogP contribution in [0.2, 0.25) is 10.0 Å². The Bertz CT molecular complexity index is 958. The molecule has 0 aliphatic carbocycles. The van der Waals surface area contributed by atoms with E-state index in [0.29, 0.717) is 13.1 Å². The van der Waals surface area contributed by atoms with Gasteiger partial charge in [-0.05, 0) is 64.6 Å². The van der Waals surface area contributed by atoms with Gasteiger partial charge in [0.15, 0.2) is 0 Å². The van der Waals surface area contributed by atoms with Crippen molar-refractivity contribution in [3.8, 4) is 11.5 Å². The first-order valence-corrected chi connectivity index (χ1v) is 12.4. The van der Waals surface area contributed by atoms with Gasteiger partial charge in [0, 0.05) is 13.1 Å². The van der Waals surface area contributed by atoms with Gasteiger partial charge in [0.1, 0.15) is 36.9 Å². The molecule has 0 saturated heterocycles. The lowest BCUT2D eigenvalue weighted by molar-refractivity contribution is 0.0830. The third-order valence-corrected chi connectivity index (χ3v) is 6.78. The zero-order valence-corrected chi connectivity index (χ0v) is 21.4. The minimum Gasteiger partial charge on any atom is -0.489 e. The van der Waals surface area contributed by atoms with Gasteiger partial charge in [-0.1, -0.05) is 23.2 Å². The Balaban J connectivity index is 2.12. The maximum atomic E-state index is 13.0. The second kappa shape index (κ2) is 12.2. The molecule has 0 fully saturated rings. The number of rotatable bonds is 12. The Labute approximate surface area is 205 Å². The van der Waals surface area contributed by atoms with E-state index in [1.807, 2.05) is 38.0 Å². The minimum absolute atomic E-state index is 0.0182. The van der Waals surface area contributed by atoms with Crippen LogP contribution in [0.15, 0.2) is 46.2 Å². The van der Waals surface area contributed by atoms with E-state index >= 15 is 0 Å². The maximum absolute atomic E-state index is 13.0. The lowest BCUT2D eigenvalue weighted by Crippen LogP contribution is -2.30. The summed E-state index contributed by atoms with van der Waals surface area (Å²) in [5, 5.41) is 20.0. The summed E-state index contributed by atoms with van der Waals surface area (Å²) in [6, 6.07) is 8.24. The number of hydrogen-bond donors (Lipinski definition) is 2. The van der Waals surface area contributed by atoms with E-state index in [2.05, 4.69) is 0 Å². The van der Waals surface area contributed by atoms with Gasteiger partial charge >= 0.3 is 0 Å². The first-order valence-electron chi connectivity index (χ1n) is 10.2. The van der Waals surface area contributed by atoms with Crippen molar-refractivity contribution >= 4 is 33.0 Å². The lowest BCUT2D eigenvalue weighted by atomic mass is 10.3. The Hall–Kier alpha value is -1.59. The van der Waals surface area contributed by atoms with Gasteiger partial charge in [0.05, 0.1) is 19.8 Å². The molecule has 8 nitrogen and oxygen atoms in total. The molecule has 2 atom stereocenters. The molecular formula is C22H30Cl2N2O6S. The van der Waals surface area contributed by atoms with Gasteiger partial charge in [0.2, 0.25) is 9.84 Å². The average Bonchev–Trinajstić information content (AvgIpc) is 2.70. The number of ether oxygens (including phenoxy) is 2. The number of aliphatic hydroxyl groups is 2. The quantitative estimate of drug-likeness (QED) is 0.440. The number of hydrogen-bond acceptors (Lipinski definition) is 8. The molecule has 2 aromatic carbocycles. The summed E-state index contributed by atoms with van der Waals surface area (Å²) in [6.45, 7) is 0.868. The smallest absolute Gasteiger partial charge is 0.206 e. The van der Waals surface area contributed by atoms with E-state index in [4.69, 9.17) is 32.7 Å². The first-order chi connectivity index (χ1) is 15.4. The highest BCUT2D eigenvalue weighted by molar-refractivity contribution is 7.91. The Kier molecular flexibility index (Phi) is 10.2. The molecule has 0 aliphatic rings. The lowest BCUT2D eigenvalue weighted by Gasteiger charge is -2.17. The second-order valence-corrected chi connectivity index (χ2v) is 10.9. The molecule has 184 valence electrons. The Morgan fingerprint density at radius 2 is 1.15 bits per heavy atom. The van der Waals surface area contributed by atoms with E-state index < -0.39 is 22.0 Å². The summed E-state index contributed by atoms with van der Waals surface area (Å²) in [4.78, 5) is 3.58. The highest BCUT2D eigenvalue weighted by atomic mass is 35.5. The topological polar surface area (TPSA) is 99.5 Å². The van der Waals surface area contributed by atoms with Gasteiger partial charge in [-0.2, -0.15) is 0 Å². The van der Waals surface area contributed by atoms with Gasteiger partial charge < -0.3 is 29.5 Å². The SMILES string of the molecule is CN(C)C[C@H](O)COc1ccc(S(=O)(=O)c2ccc(OC[C@@H](O)CN(C)C)c(Cl)c2)cc1Cl. The average molecular weight is 521 g/mol. The molecular weight excluding hydrogens is 491 g/mol. The predicted octanol–water partition coefficient (Wildman–Crippen LogP) is 2.43. The summed E-state index contributed by atoms with van der Waals surface area (Å²) in [7, 11) is 3.41. The molecule has 33 heavy (non-hydrogen) atoms. The summed E-state index contributed by atoms with van der Waals surface area (Å²) < 4.78 is 37.1. The van der Waals surface area contributed by atoms with Crippen molar-refractivity contribution < 1.29 is 28.1 Å². The van der Waals surface area contributed by atoms with Crippen molar-refractivity contribution in [3.63, 3.8) is 0 Å². The molecule has 0 spiro atoms. The summed E-state index contributed by atoms with van der Waals surface area (Å²) >= 11 is 12.4. The molecule has 0 heterocycles. The summed E-state index contributed by atoms with van der Waals surface area (Å²) in [5.74, 6) is 0.540. The van der Waals surface area contributed by atoms with Crippen LogP contribution in [0.25, 0.3) is 0 Å². The van der Waals surface area contributed by atoms with Crippen LogP contribution in [-0.4, -0.2) is 95.1 Å². The van der Waals surface area contributed by atoms with Gasteiger partial charge in [-0.25, -0.2) is 8.42 Å².